The molecule has 1 aliphatic heterocycles. The van der Waals surface area contributed by atoms with Crippen LogP contribution in [0.2, 0.25) is 0 Å². The van der Waals surface area contributed by atoms with Gasteiger partial charge in [0.05, 0.1) is 11.4 Å². The summed E-state index contributed by atoms with van der Waals surface area (Å²) in [6.45, 7) is 4.21. The minimum absolute atomic E-state index is 0.0924. The minimum Gasteiger partial charge on any atom is -0.347 e. The van der Waals surface area contributed by atoms with Crippen molar-refractivity contribution in [3.8, 4) is 0 Å². The van der Waals surface area contributed by atoms with Crippen LogP contribution >= 0.6 is 0 Å². The molecule has 0 unspecified atom stereocenters. The van der Waals surface area contributed by atoms with Crippen LogP contribution in [0.5, 0.6) is 0 Å². The number of nitrogens with one attached hydrogen (secondary N) is 2. The monoisotopic (exact) mass is 482 g/mol. The molecule has 2 aromatic carbocycles. The highest BCUT2D eigenvalue weighted by Crippen LogP contribution is 2.18. The van der Waals surface area contributed by atoms with E-state index in [2.05, 4.69) is 20.2 Å². The van der Waals surface area contributed by atoms with Gasteiger partial charge in [0.15, 0.2) is 0 Å². The van der Waals surface area contributed by atoms with Gasteiger partial charge in [0.1, 0.15) is 5.82 Å². The Labute approximate surface area is 200 Å². The van der Waals surface area contributed by atoms with Gasteiger partial charge in [0.2, 0.25) is 10.0 Å². The predicted octanol–water partition coefficient (Wildman–Crippen LogP) is 2.26. The largest absolute Gasteiger partial charge is 0.347 e. The molecule has 0 bridgehead atoms. The molecule has 1 fully saturated rings. The smallest absolute Gasteiger partial charge is 0.317 e. The summed E-state index contributed by atoms with van der Waals surface area (Å²) in [5, 5.41) is 2.88. The summed E-state index contributed by atoms with van der Waals surface area (Å²) in [7, 11) is -1.97. The Kier molecular flexibility index (Phi) is 7.61. The third kappa shape index (κ3) is 6.02. The maximum absolute atomic E-state index is 12.9. The van der Waals surface area contributed by atoms with Crippen LogP contribution in [0.25, 0.3) is 0 Å². The summed E-state index contributed by atoms with van der Waals surface area (Å²) in [4.78, 5) is 23.8. The number of sulfonamides is 1. The maximum Gasteiger partial charge on any atom is 0.317 e. The lowest BCUT2D eigenvalue weighted by molar-refractivity contribution is 0.135. The second kappa shape index (κ2) is 10.8. The van der Waals surface area contributed by atoms with Crippen molar-refractivity contribution in [1.29, 1.82) is 0 Å². The van der Waals surface area contributed by atoms with Gasteiger partial charge in [-0.25, -0.2) is 18.2 Å². The topological polar surface area (TPSA) is 102 Å². The molecular formula is C24H30N6O3S. The summed E-state index contributed by atoms with van der Waals surface area (Å²) in [6.07, 6.45) is 3.39. The van der Waals surface area contributed by atoms with E-state index in [0.29, 0.717) is 32.7 Å². The molecule has 2 heterocycles. The number of aromatic amines is 1. The zero-order valence-corrected chi connectivity index (χ0v) is 20.0. The molecule has 1 aliphatic rings. The number of carbonyl (C=O) groups is 1. The van der Waals surface area contributed by atoms with Crippen LogP contribution < -0.4 is 5.32 Å². The van der Waals surface area contributed by atoms with Gasteiger partial charge >= 0.3 is 6.03 Å². The number of benzene rings is 2. The molecule has 1 saturated heterocycles. The SMILES string of the molecule is CN(Cc1ccccc1)S(=O)(=O)c1ccc(CN2CCN(C(=O)NCc3ncc[nH]3)CC2)cc1. The first-order valence-electron chi connectivity index (χ1n) is 11.2. The number of imidazole rings is 1. The molecular weight excluding hydrogens is 452 g/mol. The number of hydrogen-bond acceptors (Lipinski definition) is 5. The van der Waals surface area contributed by atoms with E-state index in [1.165, 1.54) is 4.31 Å². The van der Waals surface area contributed by atoms with Crippen LogP contribution in [-0.4, -0.2) is 71.7 Å². The summed E-state index contributed by atoms with van der Waals surface area (Å²) in [5.74, 6) is 0.726. The molecule has 0 aliphatic carbocycles. The molecule has 0 atom stereocenters. The number of urea groups is 1. The van der Waals surface area contributed by atoms with E-state index >= 15 is 0 Å². The van der Waals surface area contributed by atoms with Crippen molar-refractivity contribution in [2.75, 3.05) is 33.2 Å². The molecule has 9 nitrogen and oxygen atoms in total. The van der Waals surface area contributed by atoms with E-state index in [0.717, 1.165) is 30.0 Å². The zero-order chi connectivity index (χ0) is 24.0. The highest BCUT2D eigenvalue weighted by atomic mass is 32.2. The van der Waals surface area contributed by atoms with Crippen molar-refractivity contribution >= 4 is 16.1 Å². The van der Waals surface area contributed by atoms with Gasteiger partial charge in [-0.3, -0.25) is 4.90 Å². The average Bonchev–Trinajstić information content (AvgIpc) is 3.38. The lowest BCUT2D eigenvalue weighted by Gasteiger charge is -2.34. The second-order valence-corrected chi connectivity index (χ2v) is 10.4. The first kappa shape index (κ1) is 23.9. The number of amides is 2. The molecule has 0 spiro atoms. The fourth-order valence-electron chi connectivity index (χ4n) is 3.91. The summed E-state index contributed by atoms with van der Waals surface area (Å²) in [5.41, 5.74) is 1.99. The lowest BCUT2D eigenvalue weighted by Crippen LogP contribution is -2.51. The molecule has 4 rings (SSSR count). The Bertz CT molecular complexity index is 1160. The van der Waals surface area contributed by atoms with Crippen molar-refractivity contribution in [2.24, 2.45) is 0 Å². The molecule has 0 saturated carbocycles. The third-order valence-electron chi connectivity index (χ3n) is 5.91. The lowest BCUT2D eigenvalue weighted by atomic mass is 10.2. The van der Waals surface area contributed by atoms with Gasteiger partial charge in [-0.2, -0.15) is 4.31 Å². The van der Waals surface area contributed by atoms with Crippen LogP contribution in [-0.2, 0) is 29.7 Å². The van der Waals surface area contributed by atoms with E-state index in [9.17, 15) is 13.2 Å². The van der Waals surface area contributed by atoms with Crippen LogP contribution in [0.15, 0.2) is 71.9 Å². The number of carbonyl (C=O) groups excluding carboxylic acids is 1. The van der Waals surface area contributed by atoms with E-state index in [1.807, 2.05) is 42.5 Å². The predicted molar refractivity (Wildman–Crippen MR) is 129 cm³/mol. The van der Waals surface area contributed by atoms with Crippen molar-refractivity contribution in [2.45, 2.75) is 24.5 Å². The van der Waals surface area contributed by atoms with Gasteiger partial charge in [-0.05, 0) is 23.3 Å². The fraction of sp³-hybridized carbons (Fsp3) is 0.333. The van der Waals surface area contributed by atoms with E-state index < -0.39 is 10.0 Å². The number of hydrogen-bond donors (Lipinski definition) is 2. The second-order valence-electron chi connectivity index (χ2n) is 8.35. The van der Waals surface area contributed by atoms with Crippen molar-refractivity contribution < 1.29 is 13.2 Å². The van der Waals surface area contributed by atoms with Crippen LogP contribution in [0.4, 0.5) is 4.79 Å². The minimum atomic E-state index is -3.56. The Morgan fingerprint density at radius 2 is 1.74 bits per heavy atom. The number of aromatic nitrogens is 2. The van der Waals surface area contributed by atoms with E-state index in [-0.39, 0.29) is 10.9 Å². The molecule has 2 N–H and O–H groups in total. The van der Waals surface area contributed by atoms with Gasteiger partial charge in [0.25, 0.3) is 0 Å². The number of H-pyrrole nitrogens is 1. The zero-order valence-electron chi connectivity index (χ0n) is 19.2. The van der Waals surface area contributed by atoms with Gasteiger partial charge in [0, 0.05) is 58.7 Å². The highest BCUT2D eigenvalue weighted by Gasteiger charge is 2.23. The van der Waals surface area contributed by atoms with Crippen molar-refractivity contribution in [1.82, 2.24) is 29.4 Å². The number of rotatable bonds is 8. The van der Waals surface area contributed by atoms with E-state index in [1.54, 1.807) is 36.5 Å². The normalized spacial score (nSPS) is 14.9. The van der Waals surface area contributed by atoms with Crippen LogP contribution in [0.1, 0.15) is 17.0 Å². The maximum atomic E-state index is 12.9. The summed E-state index contributed by atoms with van der Waals surface area (Å²) < 4.78 is 27.2. The number of nitrogens with zero attached hydrogens (tertiary/aromatic N) is 4. The summed E-state index contributed by atoms with van der Waals surface area (Å²) in [6, 6.07) is 16.5. The number of piperazine rings is 1. The highest BCUT2D eigenvalue weighted by molar-refractivity contribution is 7.89. The van der Waals surface area contributed by atoms with Crippen molar-refractivity contribution in [3.63, 3.8) is 0 Å². The quantitative estimate of drug-likeness (QED) is 0.513. The van der Waals surface area contributed by atoms with Crippen molar-refractivity contribution in [3.05, 3.63) is 83.9 Å². The van der Waals surface area contributed by atoms with Gasteiger partial charge in [-0.15, -0.1) is 0 Å². The fourth-order valence-corrected chi connectivity index (χ4v) is 5.06. The molecule has 10 heteroatoms. The molecule has 34 heavy (non-hydrogen) atoms. The molecule has 0 radical (unpaired) electrons. The van der Waals surface area contributed by atoms with Gasteiger partial charge in [-0.1, -0.05) is 42.5 Å². The van der Waals surface area contributed by atoms with Crippen LogP contribution in [0, 0.1) is 0 Å². The Hall–Kier alpha value is -3.21. The Morgan fingerprint density at radius 3 is 2.38 bits per heavy atom. The van der Waals surface area contributed by atoms with E-state index in [4.69, 9.17) is 0 Å². The molecule has 180 valence electrons. The first-order valence-corrected chi connectivity index (χ1v) is 12.7. The van der Waals surface area contributed by atoms with Crippen LogP contribution in [0.3, 0.4) is 0 Å². The average molecular weight is 483 g/mol. The van der Waals surface area contributed by atoms with Gasteiger partial charge < -0.3 is 15.2 Å². The first-order chi connectivity index (χ1) is 16.4. The molecule has 1 aromatic heterocycles. The molecule has 3 aromatic rings. The summed E-state index contributed by atoms with van der Waals surface area (Å²) >= 11 is 0. The Balaban J connectivity index is 1.26. The Morgan fingerprint density at radius 1 is 1.03 bits per heavy atom. The standard InChI is InChI=1S/C24H30N6O3S/c1-28(18-20-5-3-2-4-6-20)34(32,33)22-9-7-21(8-10-22)19-29-13-15-30(16-14-29)24(31)27-17-23-25-11-12-26-23/h2-12H,13-19H2,1H3,(H,25,26)(H,27,31). The third-order valence-corrected chi connectivity index (χ3v) is 7.72. The molecule has 2 amide bonds.